The number of nitrogens with one attached hydrogen (secondary N) is 1. The first-order valence-electron chi connectivity index (χ1n) is 9.11. The normalized spacial score (nSPS) is 12.3. The smallest absolute Gasteiger partial charge is 0.229 e. The van der Waals surface area contributed by atoms with Crippen molar-refractivity contribution < 1.29 is 4.79 Å². The molecule has 2 rings (SSSR count). The predicted octanol–water partition coefficient (Wildman–Crippen LogP) is 5.53. The minimum Gasteiger partial charge on any atom is -0.325 e. The quantitative estimate of drug-likeness (QED) is 0.745. The van der Waals surface area contributed by atoms with E-state index in [0.717, 1.165) is 35.3 Å². The van der Waals surface area contributed by atoms with Crippen LogP contribution in [0.4, 0.5) is 5.69 Å². The molecule has 0 aliphatic carbocycles. The van der Waals surface area contributed by atoms with E-state index in [1.807, 2.05) is 57.2 Å². The van der Waals surface area contributed by atoms with Gasteiger partial charge >= 0.3 is 0 Å². The van der Waals surface area contributed by atoms with E-state index in [4.69, 9.17) is 5.26 Å². The Morgan fingerprint density at radius 3 is 2.54 bits per heavy atom. The lowest BCUT2D eigenvalue weighted by Crippen LogP contribution is -2.27. The Hall–Kier alpha value is -2.67. The third kappa shape index (κ3) is 4.70. The first-order chi connectivity index (χ1) is 12.4. The zero-order valence-electron chi connectivity index (χ0n) is 16.0. The summed E-state index contributed by atoms with van der Waals surface area (Å²) in [4.78, 5) is 17.1. The largest absolute Gasteiger partial charge is 0.325 e. The Bertz CT molecular complexity index is 800. The lowest BCUT2D eigenvalue weighted by atomic mass is 9.89. The van der Waals surface area contributed by atoms with Gasteiger partial charge in [0.1, 0.15) is 0 Å². The molecule has 1 amide bonds. The molecule has 4 nitrogen and oxygen atoms in total. The fourth-order valence-corrected chi connectivity index (χ4v) is 2.88. The molecule has 1 atom stereocenters. The van der Waals surface area contributed by atoms with Gasteiger partial charge in [0.15, 0.2) is 0 Å². The molecule has 0 fully saturated rings. The van der Waals surface area contributed by atoms with Crippen molar-refractivity contribution in [3.8, 4) is 17.2 Å². The van der Waals surface area contributed by atoms with Crippen molar-refractivity contribution in [2.75, 3.05) is 5.32 Å². The van der Waals surface area contributed by atoms with Crippen LogP contribution >= 0.6 is 0 Å². The molecular weight excluding hydrogens is 322 g/mol. The van der Waals surface area contributed by atoms with Gasteiger partial charge in [-0.05, 0) is 25.0 Å². The number of hydrogen-bond donors (Lipinski definition) is 1. The van der Waals surface area contributed by atoms with Crippen LogP contribution in [0.5, 0.6) is 0 Å². The van der Waals surface area contributed by atoms with Gasteiger partial charge in [-0.2, -0.15) is 5.26 Å². The van der Waals surface area contributed by atoms with E-state index in [1.165, 1.54) is 0 Å². The van der Waals surface area contributed by atoms with Crippen LogP contribution in [0.15, 0.2) is 42.6 Å². The van der Waals surface area contributed by atoms with Crippen molar-refractivity contribution in [2.45, 2.75) is 52.9 Å². The van der Waals surface area contributed by atoms with Crippen molar-refractivity contribution in [1.82, 2.24) is 4.98 Å². The molecule has 4 heteroatoms. The van der Waals surface area contributed by atoms with Gasteiger partial charge in [0, 0.05) is 40.8 Å². The van der Waals surface area contributed by atoms with Crippen molar-refractivity contribution in [3.63, 3.8) is 0 Å². The van der Waals surface area contributed by atoms with Crippen molar-refractivity contribution in [3.05, 3.63) is 48.3 Å². The minimum atomic E-state index is -0.469. The second-order valence-corrected chi connectivity index (χ2v) is 7.49. The second kappa shape index (κ2) is 8.62. The Kier molecular flexibility index (Phi) is 6.52. The molecule has 0 saturated carbocycles. The van der Waals surface area contributed by atoms with Crippen LogP contribution in [0.1, 0.15) is 58.6 Å². The summed E-state index contributed by atoms with van der Waals surface area (Å²) in [6, 6.07) is 14.0. The average molecular weight is 349 g/mol. The van der Waals surface area contributed by atoms with Gasteiger partial charge in [0.25, 0.3) is 0 Å². The summed E-state index contributed by atoms with van der Waals surface area (Å²) in [5, 5.41) is 12.0. The molecule has 1 unspecified atom stereocenters. The van der Waals surface area contributed by atoms with Crippen molar-refractivity contribution >= 4 is 11.6 Å². The summed E-state index contributed by atoms with van der Waals surface area (Å²) in [5.41, 5.74) is 3.29. The highest BCUT2D eigenvalue weighted by Gasteiger charge is 2.23. The number of nitrogens with zero attached hydrogens (tertiary/aromatic N) is 2. The fourth-order valence-electron chi connectivity index (χ4n) is 2.88. The minimum absolute atomic E-state index is 0.0214. The highest BCUT2D eigenvalue weighted by molar-refractivity contribution is 5.98. The zero-order valence-corrected chi connectivity index (χ0v) is 16.0. The third-order valence-corrected chi connectivity index (χ3v) is 4.47. The maximum Gasteiger partial charge on any atom is 0.229 e. The van der Waals surface area contributed by atoms with Crippen LogP contribution < -0.4 is 5.32 Å². The molecule has 0 radical (unpaired) electrons. The molecule has 0 saturated heterocycles. The highest BCUT2D eigenvalue weighted by Crippen LogP contribution is 2.36. The lowest BCUT2D eigenvalue weighted by molar-refractivity contribution is -0.123. The maximum absolute atomic E-state index is 12.5. The Balaban J connectivity index is 2.47. The maximum atomic E-state index is 12.5. The molecule has 1 aromatic heterocycles. The van der Waals surface area contributed by atoms with E-state index in [-0.39, 0.29) is 11.8 Å². The molecule has 0 spiro atoms. The van der Waals surface area contributed by atoms with Crippen LogP contribution in [0.3, 0.4) is 0 Å². The van der Waals surface area contributed by atoms with Crippen molar-refractivity contribution in [2.24, 2.45) is 5.41 Å². The molecule has 1 aromatic carbocycles. The summed E-state index contributed by atoms with van der Waals surface area (Å²) >= 11 is 0. The number of carbonyl (C=O) groups excluding carboxylic acids is 1. The van der Waals surface area contributed by atoms with Gasteiger partial charge in [-0.15, -0.1) is 0 Å². The van der Waals surface area contributed by atoms with Gasteiger partial charge in [0.05, 0.1) is 11.8 Å². The molecule has 0 aliphatic rings. The van der Waals surface area contributed by atoms with Gasteiger partial charge < -0.3 is 5.32 Å². The number of nitriles is 1. The number of para-hydroxylation sites is 1. The molecule has 2 aromatic rings. The Labute approximate surface area is 156 Å². The number of benzene rings is 1. The number of anilines is 1. The van der Waals surface area contributed by atoms with E-state index < -0.39 is 5.41 Å². The number of rotatable bonds is 6. The topological polar surface area (TPSA) is 65.8 Å². The van der Waals surface area contributed by atoms with Gasteiger partial charge in [0.2, 0.25) is 5.91 Å². The number of carbonyl (C=O) groups is 1. The Morgan fingerprint density at radius 1 is 1.19 bits per heavy atom. The summed E-state index contributed by atoms with van der Waals surface area (Å²) < 4.78 is 0. The van der Waals surface area contributed by atoms with E-state index in [2.05, 4.69) is 23.3 Å². The molecule has 136 valence electrons. The molecule has 1 N–H and O–H groups in total. The summed E-state index contributed by atoms with van der Waals surface area (Å²) in [5.74, 6) is 0.198. The summed E-state index contributed by atoms with van der Waals surface area (Å²) in [7, 11) is 0. The highest BCUT2D eigenvalue weighted by atomic mass is 16.2. The number of hydrogen-bond acceptors (Lipinski definition) is 3. The van der Waals surface area contributed by atoms with E-state index in [0.29, 0.717) is 6.42 Å². The average Bonchev–Trinajstić information content (AvgIpc) is 2.62. The monoisotopic (exact) mass is 349 g/mol. The lowest BCUT2D eigenvalue weighted by Gasteiger charge is -2.21. The first kappa shape index (κ1) is 19.7. The Morgan fingerprint density at radius 2 is 1.88 bits per heavy atom. The molecule has 26 heavy (non-hydrogen) atoms. The predicted molar refractivity (Wildman–Crippen MR) is 106 cm³/mol. The third-order valence-electron chi connectivity index (χ3n) is 4.47. The summed E-state index contributed by atoms with van der Waals surface area (Å²) in [6.45, 7) is 7.81. The fraction of sp³-hybridized carbons (Fsp3) is 0.409. The van der Waals surface area contributed by atoms with E-state index in [9.17, 15) is 4.79 Å². The number of pyridine rings is 1. The van der Waals surface area contributed by atoms with Crippen LogP contribution in [-0.4, -0.2) is 10.9 Å². The van der Waals surface area contributed by atoms with E-state index in [1.54, 1.807) is 6.20 Å². The van der Waals surface area contributed by atoms with Crippen LogP contribution in [0, 0.1) is 16.7 Å². The summed E-state index contributed by atoms with van der Waals surface area (Å²) in [6.07, 6.45) is 4.01. The van der Waals surface area contributed by atoms with Gasteiger partial charge in [-0.3, -0.25) is 9.78 Å². The van der Waals surface area contributed by atoms with Crippen LogP contribution in [0.2, 0.25) is 0 Å². The standard InChI is InChI=1S/C22H27N3O/c1-5-16(10-8-14-23)20-18(12-9-15-24-20)17-11-6-7-13-19(17)25-21(26)22(2,3)4/h6-7,9,11-13,15-16H,5,8,10H2,1-4H3,(H,25,26). The zero-order chi connectivity index (χ0) is 19.2. The van der Waals surface area contributed by atoms with Gasteiger partial charge in [-0.25, -0.2) is 0 Å². The van der Waals surface area contributed by atoms with Gasteiger partial charge in [-0.1, -0.05) is 52.0 Å². The molecule has 0 aliphatic heterocycles. The molecule has 0 bridgehead atoms. The van der Waals surface area contributed by atoms with Crippen molar-refractivity contribution in [1.29, 1.82) is 5.26 Å². The van der Waals surface area contributed by atoms with Crippen LogP contribution in [0.25, 0.3) is 11.1 Å². The molecule has 1 heterocycles. The van der Waals surface area contributed by atoms with E-state index >= 15 is 0 Å². The van der Waals surface area contributed by atoms with Crippen LogP contribution in [-0.2, 0) is 4.79 Å². The first-order valence-corrected chi connectivity index (χ1v) is 9.11. The SMILES string of the molecule is CCC(CCC#N)c1ncccc1-c1ccccc1NC(=O)C(C)(C)C. The number of aromatic nitrogens is 1. The second-order valence-electron chi connectivity index (χ2n) is 7.49. The molecular formula is C22H27N3O. The number of amides is 1.